The summed E-state index contributed by atoms with van der Waals surface area (Å²) in [5.74, 6) is -0.159. The number of benzene rings is 1. The van der Waals surface area contributed by atoms with Gasteiger partial charge < -0.3 is 14.8 Å². The molecule has 0 amide bonds. The molecule has 0 radical (unpaired) electrons. The fourth-order valence-corrected chi connectivity index (χ4v) is 3.18. The van der Waals surface area contributed by atoms with Crippen molar-refractivity contribution in [2.24, 2.45) is 5.92 Å². The van der Waals surface area contributed by atoms with Crippen LogP contribution in [0.2, 0.25) is 0 Å². The average molecular weight is 330 g/mol. The van der Waals surface area contributed by atoms with Crippen LogP contribution in [0.25, 0.3) is 11.0 Å². The van der Waals surface area contributed by atoms with Crippen molar-refractivity contribution in [3.8, 4) is 0 Å². The molecule has 0 bridgehead atoms. The van der Waals surface area contributed by atoms with Crippen LogP contribution >= 0.6 is 0 Å². The highest BCUT2D eigenvalue weighted by molar-refractivity contribution is 5.92. The zero-order valence-electron chi connectivity index (χ0n) is 13.6. The van der Waals surface area contributed by atoms with Gasteiger partial charge >= 0.3 is 11.9 Å². The van der Waals surface area contributed by atoms with Crippen LogP contribution in [0.5, 0.6) is 0 Å². The van der Waals surface area contributed by atoms with Gasteiger partial charge in [0, 0.05) is 6.42 Å². The van der Waals surface area contributed by atoms with Gasteiger partial charge in [-0.25, -0.2) is 9.78 Å². The second-order valence-corrected chi connectivity index (χ2v) is 6.33. The number of H-pyrrole nitrogens is 1. The number of aryl methyl sites for hydroxylation is 1. The first-order valence-electron chi connectivity index (χ1n) is 8.52. The topological polar surface area (TPSA) is 92.3 Å². The Balaban J connectivity index is 1.48. The molecule has 6 heteroatoms. The van der Waals surface area contributed by atoms with Crippen molar-refractivity contribution < 1.29 is 19.4 Å². The number of carbonyl (C=O) groups is 2. The predicted molar refractivity (Wildman–Crippen MR) is 88.9 cm³/mol. The summed E-state index contributed by atoms with van der Waals surface area (Å²) in [5.41, 5.74) is 1.69. The Hall–Kier alpha value is -2.37. The van der Waals surface area contributed by atoms with Crippen molar-refractivity contribution >= 4 is 23.0 Å². The molecule has 1 aromatic heterocycles. The number of esters is 1. The number of aromatic nitrogens is 2. The number of hydrogen-bond donors (Lipinski definition) is 2. The second kappa shape index (κ2) is 7.47. The van der Waals surface area contributed by atoms with Gasteiger partial charge in [-0.05, 0) is 37.5 Å². The second-order valence-electron chi connectivity index (χ2n) is 6.33. The number of aromatic amines is 1. The van der Waals surface area contributed by atoms with Gasteiger partial charge in [0.05, 0.1) is 29.1 Å². The summed E-state index contributed by atoms with van der Waals surface area (Å²) in [6, 6.07) is 4.82. The Morgan fingerprint density at radius 1 is 1.25 bits per heavy atom. The molecule has 0 atom stereocenters. The third-order valence-corrected chi connectivity index (χ3v) is 4.52. The van der Waals surface area contributed by atoms with Crippen LogP contribution in [0.3, 0.4) is 0 Å². The molecule has 128 valence electrons. The van der Waals surface area contributed by atoms with E-state index in [1.807, 2.05) is 0 Å². The lowest BCUT2D eigenvalue weighted by Crippen LogP contribution is -2.20. The SMILES string of the molecule is O=C(O)c1ccc2nc(CCCOC(=O)C3CCCCC3)[nH]c2c1. The van der Waals surface area contributed by atoms with E-state index in [-0.39, 0.29) is 17.5 Å². The molecule has 3 rings (SSSR count). The van der Waals surface area contributed by atoms with Crippen LogP contribution in [0.1, 0.15) is 54.7 Å². The Morgan fingerprint density at radius 2 is 2.04 bits per heavy atom. The molecular weight excluding hydrogens is 308 g/mol. The minimum Gasteiger partial charge on any atom is -0.478 e. The molecule has 2 aromatic rings. The maximum Gasteiger partial charge on any atom is 0.335 e. The molecular formula is C18H22N2O4. The summed E-state index contributed by atoms with van der Waals surface area (Å²) in [4.78, 5) is 30.5. The van der Waals surface area contributed by atoms with E-state index in [1.165, 1.54) is 6.42 Å². The Labute approximate surface area is 140 Å². The molecule has 0 saturated heterocycles. The van der Waals surface area contributed by atoms with E-state index in [1.54, 1.807) is 18.2 Å². The van der Waals surface area contributed by atoms with Crippen LogP contribution in [-0.4, -0.2) is 33.6 Å². The molecule has 0 unspecified atom stereocenters. The Kier molecular flexibility index (Phi) is 5.13. The number of nitrogens with one attached hydrogen (secondary N) is 1. The molecule has 1 fully saturated rings. The largest absolute Gasteiger partial charge is 0.478 e. The standard InChI is InChI=1S/C18H22N2O4/c21-17(22)13-8-9-14-15(11-13)20-16(19-14)7-4-10-24-18(23)12-5-2-1-3-6-12/h8-9,11-12H,1-7,10H2,(H,19,20)(H,21,22). The third-order valence-electron chi connectivity index (χ3n) is 4.52. The molecule has 1 saturated carbocycles. The number of nitrogens with zero attached hydrogens (tertiary/aromatic N) is 1. The van der Waals surface area contributed by atoms with E-state index in [4.69, 9.17) is 9.84 Å². The minimum atomic E-state index is -0.956. The van der Waals surface area contributed by atoms with Gasteiger partial charge in [0.25, 0.3) is 0 Å². The molecule has 6 nitrogen and oxygen atoms in total. The number of hydrogen-bond acceptors (Lipinski definition) is 4. The van der Waals surface area contributed by atoms with Gasteiger partial charge in [0.1, 0.15) is 5.82 Å². The zero-order chi connectivity index (χ0) is 16.9. The minimum absolute atomic E-state index is 0.0644. The maximum atomic E-state index is 12.0. The van der Waals surface area contributed by atoms with Crippen LogP contribution in [0.4, 0.5) is 0 Å². The normalized spacial score (nSPS) is 15.5. The summed E-state index contributed by atoms with van der Waals surface area (Å²) in [7, 11) is 0. The highest BCUT2D eigenvalue weighted by Crippen LogP contribution is 2.24. The van der Waals surface area contributed by atoms with E-state index in [0.717, 1.165) is 37.0 Å². The quantitative estimate of drug-likeness (QED) is 0.626. The number of fused-ring (bicyclic) bond motifs is 1. The van der Waals surface area contributed by atoms with Gasteiger partial charge in [-0.15, -0.1) is 0 Å². The van der Waals surface area contributed by atoms with Crippen molar-refractivity contribution in [1.82, 2.24) is 9.97 Å². The van der Waals surface area contributed by atoms with Crippen LogP contribution in [0.15, 0.2) is 18.2 Å². The van der Waals surface area contributed by atoms with Crippen LogP contribution < -0.4 is 0 Å². The lowest BCUT2D eigenvalue weighted by Gasteiger charge is -2.19. The predicted octanol–water partition coefficient (Wildman–Crippen LogP) is 3.32. The van der Waals surface area contributed by atoms with Gasteiger partial charge in [-0.3, -0.25) is 4.79 Å². The van der Waals surface area contributed by atoms with Gasteiger partial charge in [0.15, 0.2) is 0 Å². The van der Waals surface area contributed by atoms with Crippen molar-refractivity contribution in [3.63, 3.8) is 0 Å². The monoisotopic (exact) mass is 330 g/mol. The van der Waals surface area contributed by atoms with Gasteiger partial charge in [-0.2, -0.15) is 0 Å². The van der Waals surface area contributed by atoms with E-state index < -0.39 is 5.97 Å². The lowest BCUT2D eigenvalue weighted by atomic mass is 9.89. The summed E-state index contributed by atoms with van der Waals surface area (Å²) >= 11 is 0. The summed E-state index contributed by atoms with van der Waals surface area (Å²) < 4.78 is 5.37. The Morgan fingerprint density at radius 3 is 2.79 bits per heavy atom. The molecule has 1 heterocycles. The fourth-order valence-electron chi connectivity index (χ4n) is 3.18. The third kappa shape index (κ3) is 3.93. The molecule has 0 aliphatic heterocycles. The van der Waals surface area contributed by atoms with E-state index in [2.05, 4.69) is 9.97 Å². The van der Waals surface area contributed by atoms with E-state index in [0.29, 0.717) is 25.0 Å². The fraction of sp³-hybridized carbons (Fsp3) is 0.500. The molecule has 24 heavy (non-hydrogen) atoms. The average Bonchev–Trinajstić information content (AvgIpc) is 3.01. The first kappa shape index (κ1) is 16.5. The number of imidazole rings is 1. The number of carbonyl (C=O) groups excluding carboxylic acids is 1. The number of carboxylic acids is 1. The molecule has 0 spiro atoms. The number of rotatable bonds is 6. The molecule has 2 N–H and O–H groups in total. The zero-order valence-corrected chi connectivity index (χ0v) is 13.6. The van der Waals surface area contributed by atoms with E-state index in [9.17, 15) is 9.59 Å². The van der Waals surface area contributed by atoms with Crippen LogP contribution in [0, 0.1) is 5.92 Å². The first-order valence-corrected chi connectivity index (χ1v) is 8.52. The van der Waals surface area contributed by atoms with Gasteiger partial charge in [-0.1, -0.05) is 19.3 Å². The van der Waals surface area contributed by atoms with Crippen LogP contribution in [-0.2, 0) is 16.0 Å². The maximum absolute atomic E-state index is 12.0. The number of carboxylic acid groups (broad SMARTS) is 1. The van der Waals surface area contributed by atoms with Crippen molar-refractivity contribution in [2.45, 2.75) is 44.9 Å². The smallest absolute Gasteiger partial charge is 0.335 e. The van der Waals surface area contributed by atoms with Gasteiger partial charge in [0.2, 0.25) is 0 Å². The highest BCUT2D eigenvalue weighted by Gasteiger charge is 2.22. The molecule has 1 aromatic carbocycles. The summed E-state index contributed by atoms with van der Waals surface area (Å²) in [6.45, 7) is 0.396. The summed E-state index contributed by atoms with van der Waals surface area (Å²) in [5, 5.41) is 9.00. The van der Waals surface area contributed by atoms with Crippen molar-refractivity contribution in [1.29, 1.82) is 0 Å². The van der Waals surface area contributed by atoms with E-state index >= 15 is 0 Å². The number of ether oxygens (including phenoxy) is 1. The molecule has 1 aliphatic rings. The lowest BCUT2D eigenvalue weighted by molar-refractivity contribution is -0.149. The molecule has 1 aliphatic carbocycles. The Bertz CT molecular complexity index is 732. The van der Waals surface area contributed by atoms with Crippen molar-refractivity contribution in [2.75, 3.05) is 6.61 Å². The summed E-state index contributed by atoms with van der Waals surface area (Å²) in [6.07, 6.45) is 6.73. The first-order chi connectivity index (χ1) is 11.6. The number of aromatic carboxylic acids is 1. The van der Waals surface area contributed by atoms with Crippen molar-refractivity contribution in [3.05, 3.63) is 29.6 Å². The highest BCUT2D eigenvalue weighted by atomic mass is 16.5.